The molecule has 1 heterocycles. The lowest BCUT2D eigenvalue weighted by Gasteiger charge is -2.09. The first-order valence-corrected chi connectivity index (χ1v) is 5.93. The summed E-state index contributed by atoms with van der Waals surface area (Å²) < 4.78 is 7.81. The fourth-order valence-corrected chi connectivity index (χ4v) is 1.97. The number of aryl methyl sites for hydroxylation is 1. The molecule has 3 nitrogen and oxygen atoms in total. The number of imidazole rings is 1. The molecule has 0 unspecified atom stereocenters. The molecule has 0 radical (unpaired) electrons. The van der Waals surface area contributed by atoms with E-state index in [0.29, 0.717) is 6.73 Å². The third-order valence-corrected chi connectivity index (χ3v) is 2.98. The number of rotatable bonds is 3. The van der Waals surface area contributed by atoms with Crippen molar-refractivity contribution in [3.05, 3.63) is 60.4 Å². The predicted molar refractivity (Wildman–Crippen MR) is 71.5 cm³/mol. The van der Waals surface area contributed by atoms with Crippen LogP contribution in [0.25, 0.3) is 11.0 Å². The van der Waals surface area contributed by atoms with Crippen molar-refractivity contribution in [3.63, 3.8) is 0 Å². The van der Waals surface area contributed by atoms with Crippen LogP contribution in [0.4, 0.5) is 0 Å². The van der Waals surface area contributed by atoms with Gasteiger partial charge in [-0.25, -0.2) is 4.98 Å². The largest absolute Gasteiger partial charge is 0.472 e. The van der Waals surface area contributed by atoms with Gasteiger partial charge in [0, 0.05) is 0 Å². The first-order valence-electron chi connectivity index (χ1n) is 5.93. The van der Waals surface area contributed by atoms with Gasteiger partial charge in [0.05, 0.1) is 17.4 Å². The summed E-state index contributed by atoms with van der Waals surface area (Å²) >= 11 is 0. The number of aromatic nitrogens is 2. The topological polar surface area (TPSA) is 27.1 Å². The normalized spacial score (nSPS) is 10.7. The van der Waals surface area contributed by atoms with Gasteiger partial charge < -0.3 is 4.74 Å². The summed E-state index contributed by atoms with van der Waals surface area (Å²) in [6, 6.07) is 16.1. The molecule has 3 heteroatoms. The number of para-hydroxylation sites is 3. The van der Waals surface area contributed by atoms with E-state index < -0.39 is 0 Å². The number of hydrogen-bond donors (Lipinski definition) is 0. The Bertz CT molecular complexity index is 673. The summed E-state index contributed by atoms with van der Waals surface area (Å²) in [4.78, 5) is 4.34. The molecule has 90 valence electrons. The number of fused-ring (bicyclic) bond motifs is 1. The van der Waals surface area contributed by atoms with Crippen LogP contribution in [0.1, 0.15) is 5.56 Å². The Morgan fingerprint density at radius 2 is 1.83 bits per heavy atom. The molecule has 0 saturated carbocycles. The van der Waals surface area contributed by atoms with E-state index in [1.807, 2.05) is 66.3 Å². The summed E-state index contributed by atoms with van der Waals surface area (Å²) in [5.74, 6) is 0.912. The Morgan fingerprint density at radius 1 is 1.06 bits per heavy atom. The maximum absolute atomic E-state index is 5.81. The zero-order chi connectivity index (χ0) is 12.4. The van der Waals surface area contributed by atoms with Crippen LogP contribution in [0.3, 0.4) is 0 Å². The minimum absolute atomic E-state index is 0.478. The van der Waals surface area contributed by atoms with E-state index in [0.717, 1.165) is 22.3 Å². The molecule has 18 heavy (non-hydrogen) atoms. The molecule has 0 aliphatic heterocycles. The van der Waals surface area contributed by atoms with E-state index in [9.17, 15) is 0 Å². The van der Waals surface area contributed by atoms with Crippen LogP contribution >= 0.6 is 0 Å². The van der Waals surface area contributed by atoms with Crippen molar-refractivity contribution in [1.82, 2.24) is 9.55 Å². The summed E-state index contributed by atoms with van der Waals surface area (Å²) in [7, 11) is 0. The van der Waals surface area contributed by atoms with E-state index >= 15 is 0 Å². The van der Waals surface area contributed by atoms with Crippen molar-refractivity contribution in [2.45, 2.75) is 13.7 Å². The van der Waals surface area contributed by atoms with Gasteiger partial charge in [0.1, 0.15) is 5.75 Å². The number of benzene rings is 2. The fraction of sp³-hybridized carbons (Fsp3) is 0.133. The highest BCUT2D eigenvalue weighted by Crippen LogP contribution is 2.18. The van der Waals surface area contributed by atoms with Crippen LogP contribution in [0.2, 0.25) is 0 Å². The van der Waals surface area contributed by atoms with Crippen LogP contribution in [-0.4, -0.2) is 9.55 Å². The summed E-state index contributed by atoms with van der Waals surface area (Å²) in [6.07, 6.45) is 1.81. The zero-order valence-electron chi connectivity index (χ0n) is 10.2. The molecule has 3 rings (SSSR count). The molecule has 0 aliphatic rings. The van der Waals surface area contributed by atoms with Crippen molar-refractivity contribution in [3.8, 4) is 5.75 Å². The van der Waals surface area contributed by atoms with Gasteiger partial charge >= 0.3 is 0 Å². The van der Waals surface area contributed by atoms with E-state index in [2.05, 4.69) is 4.98 Å². The van der Waals surface area contributed by atoms with Gasteiger partial charge in [0.2, 0.25) is 0 Å². The SMILES string of the molecule is Cc1ccccc1OCn1cnc2ccccc21. The van der Waals surface area contributed by atoms with Crippen molar-refractivity contribution in [2.75, 3.05) is 0 Å². The molecule has 0 N–H and O–H groups in total. The Balaban J connectivity index is 1.83. The van der Waals surface area contributed by atoms with Crippen LogP contribution in [0, 0.1) is 6.92 Å². The third kappa shape index (κ3) is 1.95. The molecule has 3 aromatic rings. The van der Waals surface area contributed by atoms with E-state index in [4.69, 9.17) is 4.74 Å². The molecule has 0 bridgehead atoms. The lowest BCUT2D eigenvalue weighted by molar-refractivity contribution is 0.239. The zero-order valence-corrected chi connectivity index (χ0v) is 10.2. The van der Waals surface area contributed by atoms with Gasteiger partial charge in [-0.2, -0.15) is 0 Å². The number of hydrogen-bond acceptors (Lipinski definition) is 2. The highest BCUT2D eigenvalue weighted by molar-refractivity contribution is 5.74. The van der Waals surface area contributed by atoms with Crippen molar-refractivity contribution in [2.24, 2.45) is 0 Å². The van der Waals surface area contributed by atoms with Crippen LogP contribution in [0.5, 0.6) is 5.75 Å². The lowest BCUT2D eigenvalue weighted by Crippen LogP contribution is -2.04. The molecular weight excluding hydrogens is 224 g/mol. The minimum atomic E-state index is 0.478. The molecule has 2 aromatic carbocycles. The molecule has 0 aliphatic carbocycles. The van der Waals surface area contributed by atoms with Gasteiger partial charge in [-0.05, 0) is 30.7 Å². The Morgan fingerprint density at radius 3 is 2.72 bits per heavy atom. The maximum Gasteiger partial charge on any atom is 0.166 e. The summed E-state index contributed by atoms with van der Waals surface area (Å²) in [5, 5.41) is 0. The molecule has 0 atom stereocenters. The molecule has 0 spiro atoms. The summed E-state index contributed by atoms with van der Waals surface area (Å²) in [5.41, 5.74) is 3.22. The molecule has 0 fully saturated rings. The van der Waals surface area contributed by atoms with Crippen LogP contribution in [0.15, 0.2) is 54.9 Å². The van der Waals surface area contributed by atoms with Crippen LogP contribution < -0.4 is 4.74 Å². The van der Waals surface area contributed by atoms with Gasteiger partial charge in [-0.3, -0.25) is 4.57 Å². The Labute approximate surface area is 106 Å². The first-order chi connectivity index (χ1) is 8.84. The Kier molecular flexibility index (Phi) is 2.73. The second-order valence-electron chi connectivity index (χ2n) is 4.24. The molecule has 1 aromatic heterocycles. The second-order valence-corrected chi connectivity index (χ2v) is 4.24. The molecular formula is C15H14N2O. The van der Waals surface area contributed by atoms with Crippen molar-refractivity contribution >= 4 is 11.0 Å². The monoisotopic (exact) mass is 238 g/mol. The van der Waals surface area contributed by atoms with Crippen molar-refractivity contribution < 1.29 is 4.74 Å². The van der Waals surface area contributed by atoms with Gasteiger partial charge in [0.25, 0.3) is 0 Å². The van der Waals surface area contributed by atoms with Crippen molar-refractivity contribution in [1.29, 1.82) is 0 Å². The fourth-order valence-electron chi connectivity index (χ4n) is 1.97. The molecule has 0 amide bonds. The smallest absolute Gasteiger partial charge is 0.166 e. The maximum atomic E-state index is 5.81. The minimum Gasteiger partial charge on any atom is -0.472 e. The van der Waals surface area contributed by atoms with Gasteiger partial charge in [0.15, 0.2) is 6.73 Å². The average molecular weight is 238 g/mol. The average Bonchev–Trinajstić information content (AvgIpc) is 2.81. The first kappa shape index (κ1) is 10.8. The number of nitrogens with zero attached hydrogens (tertiary/aromatic N) is 2. The third-order valence-electron chi connectivity index (χ3n) is 2.98. The van der Waals surface area contributed by atoms with E-state index in [1.165, 1.54) is 0 Å². The second kappa shape index (κ2) is 4.53. The quantitative estimate of drug-likeness (QED) is 0.699. The van der Waals surface area contributed by atoms with Gasteiger partial charge in [-0.1, -0.05) is 30.3 Å². The Hall–Kier alpha value is -2.29. The highest BCUT2D eigenvalue weighted by atomic mass is 16.5. The van der Waals surface area contributed by atoms with E-state index in [-0.39, 0.29) is 0 Å². The predicted octanol–water partition coefficient (Wildman–Crippen LogP) is 3.38. The van der Waals surface area contributed by atoms with E-state index in [1.54, 1.807) is 0 Å². The standard InChI is InChI=1S/C15H14N2O/c1-12-6-2-5-9-15(12)18-11-17-10-16-13-7-3-4-8-14(13)17/h2-10H,11H2,1H3. The summed E-state index contributed by atoms with van der Waals surface area (Å²) in [6.45, 7) is 2.52. The van der Waals surface area contributed by atoms with Gasteiger partial charge in [-0.15, -0.1) is 0 Å². The number of ether oxygens (including phenoxy) is 1. The van der Waals surface area contributed by atoms with Crippen LogP contribution in [-0.2, 0) is 6.73 Å². The molecule has 0 saturated heterocycles. The highest BCUT2D eigenvalue weighted by Gasteiger charge is 2.02. The lowest BCUT2D eigenvalue weighted by atomic mass is 10.2.